The van der Waals surface area contributed by atoms with E-state index in [2.05, 4.69) is 52.3 Å². The van der Waals surface area contributed by atoms with Crippen LogP contribution >= 0.6 is 0 Å². The van der Waals surface area contributed by atoms with Gasteiger partial charge in [-0.15, -0.1) is 0 Å². The second-order valence-corrected chi connectivity index (χ2v) is 11.6. The predicted octanol–water partition coefficient (Wildman–Crippen LogP) is 4.87. The number of rotatable bonds is 12. The number of aryl methyl sites for hydroxylation is 2. The van der Waals surface area contributed by atoms with Crippen LogP contribution in [0.5, 0.6) is 0 Å². The van der Waals surface area contributed by atoms with Crippen LogP contribution in [0, 0.1) is 17.8 Å². The van der Waals surface area contributed by atoms with Gasteiger partial charge in [0.2, 0.25) is 11.8 Å². The number of para-hydroxylation sites is 1. The zero-order valence-electron chi connectivity index (χ0n) is 24.6. The lowest BCUT2D eigenvalue weighted by atomic mass is 9.81. The number of imide groups is 1. The van der Waals surface area contributed by atoms with Crippen LogP contribution < -0.4 is 9.38 Å². The molecule has 0 radical (unpaired) electrons. The molecule has 1 N–H and O–H groups in total. The number of amides is 2. The first kappa shape index (κ1) is 30.5. The van der Waals surface area contributed by atoms with Gasteiger partial charge in [-0.2, -0.15) is 0 Å². The molecule has 7 heteroatoms. The summed E-state index contributed by atoms with van der Waals surface area (Å²) >= 11 is 0. The Hall–Kier alpha value is -3.03. The third-order valence-corrected chi connectivity index (χ3v) is 8.02. The lowest BCUT2D eigenvalue weighted by molar-refractivity contribution is -0.151. The molecule has 1 aliphatic rings. The molecule has 3 rings (SSSR count). The van der Waals surface area contributed by atoms with E-state index in [9.17, 15) is 19.5 Å². The molecular formula is C32H45N2O5+. The van der Waals surface area contributed by atoms with E-state index in [0.717, 1.165) is 16.7 Å². The number of benzene rings is 2. The van der Waals surface area contributed by atoms with Gasteiger partial charge in [0.15, 0.2) is 0 Å². The highest BCUT2D eigenvalue weighted by atomic mass is 16.5. The van der Waals surface area contributed by atoms with E-state index in [1.807, 2.05) is 32.0 Å². The Morgan fingerprint density at radius 2 is 1.59 bits per heavy atom. The highest BCUT2D eigenvalue weighted by Gasteiger charge is 2.48. The molecule has 1 saturated heterocycles. The van der Waals surface area contributed by atoms with Gasteiger partial charge in [0.05, 0.1) is 45.3 Å². The number of anilines is 1. The minimum absolute atomic E-state index is 0.0318. The minimum atomic E-state index is -0.619. The Balaban J connectivity index is 1.88. The highest BCUT2D eigenvalue weighted by molar-refractivity contribution is 6.22. The quantitative estimate of drug-likeness (QED) is 0.237. The van der Waals surface area contributed by atoms with Crippen molar-refractivity contribution in [3.05, 3.63) is 59.2 Å². The fourth-order valence-corrected chi connectivity index (χ4v) is 5.56. The van der Waals surface area contributed by atoms with Crippen molar-refractivity contribution in [2.75, 3.05) is 39.3 Å². The Morgan fingerprint density at radius 3 is 2.10 bits per heavy atom. The lowest BCUT2D eigenvalue weighted by Crippen LogP contribution is -2.34. The first-order valence-electron chi connectivity index (χ1n) is 14.1. The van der Waals surface area contributed by atoms with Gasteiger partial charge >= 0.3 is 5.97 Å². The van der Waals surface area contributed by atoms with Gasteiger partial charge in [0.25, 0.3) is 0 Å². The number of aliphatic hydroxyl groups excluding tert-OH is 1. The topological polar surface area (TPSA) is 83.9 Å². The summed E-state index contributed by atoms with van der Waals surface area (Å²) in [7, 11) is 6.33. The largest absolute Gasteiger partial charge is 0.463 e. The van der Waals surface area contributed by atoms with Crippen molar-refractivity contribution in [1.29, 1.82) is 0 Å². The maximum Gasteiger partial charge on any atom is 0.309 e. The molecule has 39 heavy (non-hydrogen) atoms. The van der Waals surface area contributed by atoms with Crippen LogP contribution in [0.25, 0.3) is 0 Å². The van der Waals surface area contributed by atoms with Crippen LogP contribution in [0.15, 0.2) is 42.5 Å². The summed E-state index contributed by atoms with van der Waals surface area (Å²) in [6.45, 7) is 7.53. The van der Waals surface area contributed by atoms with Gasteiger partial charge in [-0.05, 0) is 60.4 Å². The van der Waals surface area contributed by atoms with E-state index >= 15 is 0 Å². The van der Waals surface area contributed by atoms with Crippen molar-refractivity contribution in [3.8, 4) is 0 Å². The second kappa shape index (κ2) is 12.9. The molecule has 0 bridgehead atoms. The average molecular weight is 538 g/mol. The molecule has 7 nitrogen and oxygen atoms in total. The number of esters is 1. The molecule has 0 saturated carbocycles. The first-order chi connectivity index (χ1) is 18.4. The van der Waals surface area contributed by atoms with Crippen LogP contribution in [0.4, 0.5) is 11.4 Å². The number of aliphatic hydroxyl groups is 1. The van der Waals surface area contributed by atoms with E-state index in [1.165, 1.54) is 10.6 Å². The summed E-state index contributed by atoms with van der Waals surface area (Å²) < 4.78 is 6.05. The van der Waals surface area contributed by atoms with Crippen molar-refractivity contribution in [1.82, 2.24) is 4.48 Å². The maximum atomic E-state index is 13.8. The van der Waals surface area contributed by atoms with Crippen LogP contribution in [0.1, 0.15) is 63.1 Å². The number of ether oxygens (including phenoxy) is 1. The second-order valence-electron chi connectivity index (χ2n) is 11.6. The number of quaternary nitrogens is 1. The molecule has 0 aromatic heterocycles. The van der Waals surface area contributed by atoms with Crippen molar-refractivity contribution < 1.29 is 24.2 Å². The molecule has 4 atom stereocenters. The van der Waals surface area contributed by atoms with Crippen molar-refractivity contribution >= 4 is 29.2 Å². The Morgan fingerprint density at radius 1 is 1.00 bits per heavy atom. The SMILES string of the molecule is CCc1cccc(CC)c1N1C(=O)C(C)C(CC(CC(C)c2ccc([N+](C)(C)C)cc2)C(=O)OCCO)C1=O. The molecule has 2 amide bonds. The van der Waals surface area contributed by atoms with Gasteiger partial charge in [-0.25, -0.2) is 4.90 Å². The third kappa shape index (κ3) is 6.76. The van der Waals surface area contributed by atoms with Crippen LogP contribution in [0.2, 0.25) is 0 Å². The van der Waals surface area contributed by atoms with Crippen molar-refractivity contribution in [3.63, 3.8) is 0 Å². The molecule has 212 valence electrons. The van der Waals surface area contributed by atoms with E-state index in [1.54, 1.807) is 6.92 Å². The first-order valence-corrected chi connectivity index (χ1v) is 14.1. The third-order valence-electron chi connectivity index (χ3n) is 8.02. The molecule has 2 aromatic carbocycles. The van der Waals surface area contributed by atoms with Gasteiger partial charge in [-0.3, -0.25) is 18.9 Å². The van der Waals surface area contributed by atoms with Crippen molar-refractivity contribution in [2.24, 2.45) is 17.8 Å². The molecule has 1 fully saturated rings. The van der Waals surface area contributed by atoms with Crippen LogP contribution in [-0.2, 0) is 32.0 Å². The van der Waals surface area contributed by atoms with E-state index in [4.69, 9.17) is 4.74 Å². The Kier molecular flexibility index (Phi) is 10.1. The summed E-state index contributed by atoms with van der Waals surface area (Å²) in [5, 5.41) is 9.23. The summed E-state index contributed by atoms with van der Waals surface area (Å²) in [5.41, 5.74) is 4.91. The zero-order valence-corrected chi connectivity index (χ0v) is 24.6. The highest BCUT2D eigenvalue weighted by Crippen LogP contribution is 2.40. The molecule has 2 aromatic rings. The minimum Gasteiger partial charge on any atom is -0.463 e. The smallest absolute Gasteiger partial charge is 0.309 e. The molecule has 0 aliphatic carbocycles. The monoisotopic (exact) mass is 537 g/mol. The van der Waals surface area contributed by atoms with Gasteiger partial charge in [-0.1, -0.05) is 58.0 Å². The van der Waals surface area contributed by atoms with Crippen LogP contribution in [0.3, 0.4) is 0 Å². The van der Waals surface area contributed by atoms with Gasteiger partial charge in [0.1, 0.15) is 12.3 Å². The molecular weight excluding hydrogens is 492 g/mol. The average Bonchev–Trinajstić information content (AvgIpc) is 3.12. The summed E-state index contributed by atoms with van der Waals surface area (Å²) in [6.07, 6.45) is 2.12. The predicted molar refractivity (Wildman–Crippen MR) is 156 cm³/mol. The normalized spacial score (nSPS) is 19.3. The Labute approximate surface area is 233 Å². The molecule has 1 heterocycles. The maximum absolute atomic E-state index is 13.8. The van der Waals surface area contributed by atoms with Gasteiger partial charge < -0.3 is 9.84 Å². The van der Waals surface area contributed by atoms with Crippen molar-refractivity contribution in [2.45, 2.75) is 59.3 Å². The van der Waals surface area contributed by atoms with E-state index in [-0.39, 0.29) is 37.4 Å². The molecule has 0 spiro atoms. The fourth-order valence-electron chi connectivity index (χ4n) is 5.56. The zero-order chi connectivity index (χ0) is 28.9. The van der Waals surface area contributed by atoms with E-state index < -0.39 is 23.7 Å². The van der Waals surface area contributed by atoms with Gasteiger partial charge in [0, 0.05) is 5.92 Å². The number of carbonyl (C=O) groups is 3. The Bertz CT molecular complexity index is 1150. The lowest BCUT2D eigenvalue weighted by Gasteiger charge is -2.25. The number of hydrogen-bond acceptors (Lipinski definition) is 5. The number of nitrogens with zero attached hydrogens (tertiary/aromatic N) is 2. The number of carbonyl (C=O) groups excluding carboxylic acids is 3. The van der Waals surface area contributed by atoms with E-state index in [0.29, 0.717) is 29.4 Å². The fraction of sp³-hybridized carbons (Fsp3) is 0.531. The number of hydrogen-bond donors (Lipinski definition) is 1. The summed E-state index contributed by atoms with van der Waals surface area (Å²) in [6, 6.07) is 14.3. The molecule has 1 aliphatic heterocycles. The molecule has 4 unspecified atom stereocenters. The standard InChI is InChI=1S/C32H45N2O5/c1-8-23-11-10-12-24(9-2)29(23)33-30(36)22(4)28(31(33)37)20-26(32(38)39-18-17-35)19-21(3)25-13-15-27(16-14-25)34(5,6)7/h10-16,21-22,26,28,35H,8-9,17-20H2,1-7H3/q+1. The summed E-state index contributed by atoms with van der Waals surface area (Å²) in [4.78, 5) is 41.8. The summed E-state index contributed by atoms with van der Waals surface area (Å²) in [5.74, 6) is -2.61. The van der Waals surface area contributed by atoms with Crippen LogP contribution in [-0.4, -0.2) is 57.2 Å².